The number of nitrogens with one attached hydrogen (secondary N) is 1. The lowest BCUT2D eigenvalue weighted by Crippen LogP contribution is -2.04. The van der Waals surface area contributed by atoms with Crippen LogP contribution in [0.15, 0.2) is 10.5 Å². The second kappa shape index (κ2) is 2.77. The van der Waals surface area contributed by atoms with Gasteiger partial charge in [-0.05, 0) is 27.6 Å². The predicted molar refractivity (Wildman–Crippen MR) is 46.4 cm³/mol. The summed E-state index contributed by atoms with van der Waals surface area (Å²) in [4.78, 5) is 10.9. The van der Waals surface area contributed by atoms with Crippen molar-refractivity contribution in [3.8, 4) is 0 Å². The van der Waals surface area contributed by atoms with Crippen LogP contribution in [-0.4, -0.2) is 5.91 Å². The lowest BCUT2D eigenvalue weighted by Gasteiger charge is -2.03. The molecule has 0 atom stereocenters. The predicted octanol–water partition coefficient (Wildman–Crippen LogP) is 2.22. The highest BCUT2D eigenvalue weighted by Crippen LogP contribution is 2.33. The van der Waals surface area contributed by atoms with Gasteiger partial charge in [-0.3, -0.25) is 4.79 Å². The maximum absolute atomic E-state index is 13.2. The smallest absolute Gasteiger partial charge is 0.228 e. The van der Waals surface area contributed by atoms with Crippen molar-refractivity contribution in [1.82, 2.24) is 0 Å². The van der Waals surface area contributed by atoms with E-state index >= 15 is 0 Å². The number of anilines is 1. The van der Waals surface area contributed by atoms with Crippen molar-refractivity contribution in [2.75, 3.05) is 5.32 Å². The Bertz CT molecular complexity index is 406. The van der Waals surface area contributed by atoms with Gasteiger partial charge in [0.15, 0.2) is 5.82 Å². The van der Waals surface area contributed by atoms with Crippen LogP contribution in [-0.2, 0) is 11.2 Å². The zero-order chi connectivity index (χ0) is 9.59. The Labute approximate surface area is 81.1 Å². The Morgan fingerprint density at radius 2 is 2.15 bits per heavy atom. The van der Waals surface area contributed by atoms with Gasteiger partial charge in [-0.25, -0.2) is 8.78 Å². The van der Waals surface area contributed by atoms with Crippen molar-refractivity contribution in [1.29, 1.82) is 0 Å². The van der Waals surface area contributed by atoms with Gasteiger partial charge in [0.05, 0.1) is 16.6 Å². The summed E-state index contributed by atoms with van der Waals surface area (Å²) in [5.74, 6) is -1.75. The molecular formula is C8H4BrF2NO. The number of hydrogen-bond donors (Lipinski definition) is 1. The summed E-state index contributed by atoms with van der Waals surface area (Å²) in [5, 5.41) is 2.32. The number of benzene rings is 1. The molecule has 68 valence electrons. The SMILES string of the molecule is O=C1Cc2cc(F)c(Br)c(F)c2N1. The van der Waals surface area contributed by atoms with E-state index in [9.17, 15) is 13.6 Å². The molecule has 1 amide bonds. The summed E-state index contributed by atoms with van der Waals surface area (Å²) >= 11 is 2.75. The number of hydrogen-bond acceptors (Lipinski definition) is 1. The zero-order valence-corrected chi connectivity index (χ0v) is 7.91. The number of amides is 1. The zero-order valence-electron chi connectivity index (χ0n) is 6.33. The molecule has 1 aliphatic rings. The Balaban J connectivity index is 2.66. The minimum absolute atomic E-state index is 0.0381. The van der Waals surface area contributed by atoms with Crippen LogP contribution in [0.1, 0.15) is 5.56 Å². The summed E-state index contributed by atoms with van der Waals surface area (Å²) in [6, 6.07) is 1.15. The summed E-state index contributed by atoms with van der Waals surface area (Å²) in [5.41, 5.74) is 0.446. The van der Waals surface area contributed by atoms with Gasteiger partial charge in [-0.1, -0.05) is 0 Å². The van der Waals surface area contributed by atoms with Gasteiger partial charge < -0.3 is 5.32 Å². The number of halogens is 3. The second-order valence-corrected chi connectivity index (χ2v) is 3.54. The van der Waals surface area contributed by atoms with E-state index in [4.69, 9.17) is 0 Å². The molecule has 1 heterocycles. The molecule has 0 saturated heterocycles. The average Bonchev–Trinajstić information content (AvgIpc) is 2.42. The van der Waals surface area contributed by atoms with E-state index in [-0.39, 0.29) is 22.5 Å². The van der Waals surface area contributed by atoms with Crippen LogP contribution in [0.4, 0.5) is 14.5 Å². The molecule has 2 rings (SSSR count). The summed E-state index contributed by atoms with van der Waals surface area (Å²) in [6.45, 7) is 0. The van der Waals surface area contributed by atoms with Crippen LogP contribution in [0, 0.1) is 11.6 Å². The van der Waals surface area contributed by atoms with E-state index in [1.54, 1.807) is 0 Å². The van der Waals surface area contributed by atoms with Crippen molar-refractivity contribution in [2.45, 2.75) is 6.42 Å². The van der Waals surface area contributed by atoms with E-state index in [1.807, 2.05) is 0 Å². The third-order valence-corrected chi connectivity index (χ3v) is 2.59. The van der Waals surface area contributed by atoms with Crippen LogP contribution in [0.2, 0.25) is 0 Å². The summed E-state index contributed by atoms with van der Waals surface area (Å²) in [6.07, 6.45) is 0.0381. The van der Waals surface area contributed by atoms with Crippen LogP contribution < -0.4 is 5.32 Å². The molecule has 1 aliphatic heterocycles. The van der Waals surface area contributed by atoms with Crippen molar-refractivity contribution in [3.63, 3.8) is 0 Å². The normalized spacial score (nSPS) is 14.2. The number of fused-ring (bicyclic) bond motifs is 1. The van der Waals surface area contributed by atoms with Crippen LogP contribution in [0.25, 0.3) is 0 Å². The molecule has 0 saturated carbocycles. The lowest BCUT2D eigenvalue weighted by atomic mass is 10.1. The Kier molecular flexibility index (Phi) is 1.83. The first-order chi connectivity index (χ1) is 6.09. The molecule has 0 aliphatic carbocycles. The Morgan fingerprint density at radius 3 is 2.85 bits per heavy atom. The Hall–Kier alpha value is -0.970. The fourth-order valence-electron chi connectivity index (χ4n) is 1.28. The van der Waals surface area contributed by atoms with Crippen molar-refractivity contribution in [2.24, 2.45) is 0 Å². The first kappa shape index (κ1) is 8.62. The lowest BCUT2D eigenvalue weighted by molar-refractivity contribution is -0.115. The fourth-order valence-corrected chi connectivity index (χ4v) is 1.59. The van der Waals surface area contributed by atoms with Gasteiger partial charge in [-0.2, -0.15) is 0 Å². The number of rotatable bonds is 0. The van der Waals surface area contributed by atoms with Gasteiger partial charge in [0.1, 0.15) is 5.82 Å². The van der Waals surface area contributed by atoms with E-state index in [2.05, 4.69) is 21.2 Å². The van der Waals surface area contributed by atoms with Crippen LogP contribution in [0.5, 0.6) is 0 Å². The van der Waals surface area contributed by atoms with E-state index < -0.39 is 11.6 Å². The van der Waals surface area contributed by atoms with E-state index in [0.29, 0.717) is 5.56 Å². The molecular weight excluding hydrogens is 244 g/mol. The van der Waals surface area contributed by atoms with Gasteiger partial charge >= 0.3 is 0 Å². The first-order valence-electron chi connectivity index (χ1n) is 3.56. The number of carbonyl (C=O) groups excluding carboxylic acids is 1. The minimum atomic E-state index is -0.749. The molecule has 5 heteroatoms. The molecule has 0 aromatic heterocycles. The topological polar surface area (TPSA) is 29.1 Å². The molecule has 0 spiro atoms. The molecule has 1 aromatic rings. The third kappa shape index (κ3) is 1.23. The highest BCUT2D eigenvalue weighted by atomic mass is 79.9. The maximum Gasteiger partial charge on any atom is 0.228 e. The van der Waals surface area contributed by atoms with Crippen LogP contribution in [0.3, 0.4) is 0 Å². The first-order valence-corrected chi connectivity index (χ1v) is 4.35. The molecule has 0 radical (unpaired) electrons. The third-order valence-electron chi connectivity index (χ3n) is 1.86. The van der Waals surface area contributed by atoms with E-state index in [0.717, 1.165) is 6.07 Å². The van der Waals surface area contributed by atoms with Gasteiger partial charge in [0.25, 0.3) is 0 Å². The second-order valence-electron chi connectivity index (χ2n) is 2.75. The average molecular weight is 248 g/mol. The van der Waals surface area contributed by atoms with E-state index in [1.165, 1.54) is 0 Å². The van der Waals surface area contributed by atoms with Gasteiger partial charge in [0.2, 0.25) is 5.91 Å². The Morgan fingerprint density at radius 1 is 1.46 bits per heavy atom. The van der Waals surface area contributed by atoms with Crippen molar-refractivity contribution in [3.05, 3.63) is 27.7 Å². The standard InChI is InChI=1S/C8H4BrF2NO/c9-6-4(10)1-3-2-5(13)12-8(3)7(6)11/h1H,2H2,(H,12,13). The summed E-state index contributed by atoms with van der Waals surface area (Å²) in [7, 11) is 0. The summed E-state index contributed by atoms with van der Waals surface area (Å²) < 4.78 is 25.9. The number of carbonyl (C=O) groups is 1. The molecule has 0 unspecified atom stereocenters. The van der Waals surface area contributed by atoms with Crippen LogP contribution >= 0.6 is 15.9 Å². The maximum atomic E-state index is 13.2. The highest BCUT2D eigenvalue weighted by Gasteiger charge is 2.24. The van der Waals surface area contributed by atoms with Gasteiger partial charge in [0, 0.05) is 0 Å². The molecule has 0 fully saturated rings. The molecule has 13 heavy (non-hydrogen) atoms. The quantitative estimate of drug-likeness (QED) is 0.701. The molecule has 0 bridgehead atoms. The largest absolute Gasteiger partial charge is 0.323 e. The van der Waals surface area contributed by atoms with Crippen molar-refractivity contribution < 1.29 is 13.6 Å². The van der Waals surface area contributed by atoms with Crippen molar-refractivity contribution >= 4 is 27.5 Å². The highest BCUT2D eigenvalue weighted by molar-refractivity contribution is 9.10. The minimum Gasteiger partial charge on any atom is -0.323 e. The van der Waals surface area contributed by atoms with Gasteiger partial charge in [-0.15, -0.1) is 0 Å². The molecule has 2 nitrogen and oxygen atoms in total. The molecule has 1 aromatic carbocycles. The monoisotopic (exact) mass is 247 g/mol. The molecule has 1 N–H and O–H groups in total. The fraction of sp³-hybridized carbons (Fsp3) is 0.125.